The van der Waals surface area contributed by atoms with Gasteiger partial charge in [0.1, 0.15) is 18.7 Å². The average molecular weight is 662 g/mol. The van der Waals surface area contributed by atoms with Crippen molar-refractivity contribution in [2.24, 2.45) is 11.7 Å². The fourth-order valence-electron chi connectivity index (χ4n) is 4.77. The Morgan fingerprint density at radius 2 is 1.48 bits per heavy atom. The van der Waals surface area contributed by atoms with Crippen molar-refractivity contribution in [1.29, 1.82) is 0 Å². The number of ether oxygens (including phenoxy) is 1. The molecule has 48 heavy (non-hydrogen) atoms. The van der Waals surface area contributed by atoms with Crippen molar-refractivity contribution < 1.29 is 38.7 Å². The van der Waals surface area contributed by atoms with Gasteiger partial charge in [-0.1, -0.05) is 74.5 Å². The van der Waals surface area contributed by atoms with E-state index in [9.17, 15) is 39.2 Å². The summed E-state index contributed by atoms with van der Waals surface area (Å²) in [6, 6.07) is 18.3. The summed E-state index contributed by atoms with van der Waals surface area (Å²) in [5.41, 5.74) is 7.61. The predicted octanol–water partition coefficient (Wildman–Crippen LogP) is 4.03. The molecule has 0 aromatic heterocycles. The van der Waals surface area contributed by atoms with Crippen LogP contribution in [0.3, 0.4) is 0 Å². The number of rotatable bonds is 16. The molecule has 3 rings (SSSR count). The Kier molecular flexibility index (Phi) is 13.7. The molecule has 5 N–H and O–H groups in total. The number of nitrogens with one attached hydrogen (secondary N) is 2. The normalized spacial score (nSPS) is 12.7. The monoisotopic (exact) mass is 661 g/mol. The van der Waals surface area contributed by atoms with Crippen LogP contribution in [-0.4, -0.2) is 62.8 Å². The van der Waals surface area contributed by atoms with Crippen molar-refractivity contribution in [2.45, 2.75) is 64.3 Å². The van der Waals surface area contributed by atoms with Gasteiger partial charge in [0.2, 0.25) is 17.7 Å². The number of benzene rings is 3. The summed E-state index contributed by atoms with van der Waals surface area (Å²) in [6.45, 7) is 3.34. The number of anilines is 1. The van der Waals surface area contributed by atoms with E-state index >= 15 is 0 Å². The van der Waals surface area contributed by atoms with Gasteiger partial charge in [-0.2, -0.15) is 0 Å². The van der Waals surface area contributed by atoms with Crippen LogP contribution in [0.5, 0.6) is 0 Å². The van der Waals surface area contributed by atoms with E-state index in [-0.39, 0.29) is 43.2 Å². The highest BCUT2D eigenvalue weighted by molar-refractivity contribution is 6.02. The van der Waals surface area contributed by atoms with Crippen molar-refractivity contribution >= 4 is 41.2 Å². The second-order valence-corrected chi connectivity index (χ2v) is 11.5. The molecule has 0 bridgehead atoms. The molecule has 0 unspecified atom stereocenters. The largest absolute Gasteiger partial charge is 0.481 e. The van der Waals surface area contributed by atoms with Crippen molar-refractivity contribution in [3.05, 3.63) is 106 Å². The first-order valence-electron chi connectivity index (χ1n) is 15.3. The lowest BCUT2D eigenvalue weighted by Gasteiger charge is -2.32. The van der Waals surface area contributed by atoms with Crippen LogP contribution in [0, 0.1) is 16.0 Å². The summed E-state index contributed by atoms with van der Waals surface area (Å²) < 4.78 is 5.49. The molecule has 3 aromatic carbocycles. The van der Waals surface area contributed by atoms with Crippen molar-refractivity contribution in [2.75, 3.05) is 5.32 Å². The number of nitro benzene ring substituents is 1. The number of nitro groups is 1. The van der Waals surface area contributed by atoms with E-state index in [1.54, 1.807) is 74.5 Å². The van der Waals surface area contributed by atoms with Crippen molar-refractivity contribution in [1.82, 2.24) is 10.2 Å². The zero-order valence-electron chi connectivity index (χ0n) is 26.6. The molecule has 254 valence electrons. The summed E-state index contributed by atoms with van der Waals surface area (Å²) in [6.07, 6.45) is -1.95. The third-order valence-corrected chi connectivity index (χ3v) is 7.19. The minimum Gasteiger partial charge on any atom is -0.481 e. The maximum atomic E-state index is 14.0. The Morgan fingerprint density at radius 1 is 0.896 bits per heavy atom. The number of carbonyl (C=O) groups is 5. The van der Waals surface area contributed by atoms with Crippen LogP contribution in [0.1, 0.15) is 44.2 Å². The molecule has 0 fully saturated rings. The standard InChI is InChI=1S/C34H39N5O9/c1-22(2)19-29(32(43)37-28(17-18-30(40)41)31(42)36-25-13-15-26(16-14-25)39(46)47)38(34(45)48-21-24-11-7-4-8-12-24)33(44)27(35)20-23-9-5-3-6-10-23/h3-16,22,27-29H,17-21,35H2,1-2H3,(H,36,42)(H,37,43)(H,40,41)/t27-,28-,29-/m0/s1. The number of non-ortho nitro benzene ring substituents is 1. The van der Waals surface area contributed by atoms with Gasteiger partial charge in [-0.15, -0.1) is 0 Å². The minimum absolute atomic E-state index is 0.0360. The molecule has 14 heteroatoms. The number of amides is 4. The van der Waals surface area contributed by atoms with Crippen LogP contribution in [0.25, 0.3) is 0 Å². The molecule has 0 radical (unpaired) electrons. The Balaban J connectivity index is 1.92. The first-order valence-corrected chi connectivity index (χ1v) is 15.3. The van der Waals surface area contributed by atoms with Crippen LogP contribution >= 0.6 is 0 Å². The summed E-state index contributed by atoms with van der Waals surface area (Å²) >= 11 is 0. The number of carboxylic acids is 1. The van der Waals surface area contributed by atoms with Gasteiger partial charge in [-0.25, -0.2) is 9.69 Å². The number of hydrogen-bond acceptors (Lipinski definition) is 9. The zero-order chi connectivity index (χ0) is 35.2. The third-order valence-electron chi connectivity index (χ3n) is 7.19. The zero-order valence-corrected chi connectivity index (χ0v) is 26.6. The summed E-state index contributed by atoms with van der Waals surface area (Å²) in [5, 5.41) is 25.3. The van der Waals surface area contributed by atoms with E-state index in [1.807, 2.05) is 0 Å². The van der Waals surface area contributed by atoms with E-state index in [0.29, 0.717) is 10.5 Å². The number of carboxylic acid groups (broad SMARTS) is 1. The van der Waals surface area contributed by atoms with Gasteiger partial charge in [0.25, 0.3) is 5.69 Å². The third kappa shape index (κ3) is 11.3. The number of aliphatic carboxylic acids is 1. The van der Waals surface area contributed by atoms with E-state index in [4.69, 9.17) is 10.5 Å². The second kappa shape index (κ2) is 17.9. The average Bonchev–Trinajstić information content (AvgIpc) is 3.06. The summed E-state index contributed by atoms with van der Waals surface area (Å²) in [7, 11) is 0. The topological polar surface area (TPSA) is 211 Å². The van der Waals surface area contributed by atoms with E-state index in [1.165, 1.54) is 24.3 Å². The number of nitrogens with zero attached hydrogens (tertiary/aromatic N) is 2. The molecule has 0 aliphatic carbocycles. The van der Waals surface area contributed by atoms with Gasteiger partial charge < -0.3 is 26.2 Å². The first kappa shape index (κ1) is 36.8. The Hall–Kier alpha value is -5.63. The van der Waals surface area contributed by atoms with E-state index < -0.39 is 59.3 Å². The number of hydrogen-bond donors (Lipinski definition) is 4. The smallest absolute Gasteiger partial charge is 0.417 e. The molecule has 0 heterocycles. The Bertz CT molecular complexity index is 1570. The molecule has 0 saturated carbocycles. The molecule has 0 aliphatic heterocycles. The Morgan fingerprint density at radius 3 is 2.02 bits per heavy atom. The Labute approximate surface area is 277 Å². The summed E-state index contributed by atoms with van der Waals surface area (Å²) in [5.74, 6) is -4.07. The lowest BCUT2D eigenvalue weighted by atomic mass is 9.99. The quantitative estimate of drug-likeness (QED) is 0.128. The van der Waals surface area contributed by atoms with Crippen LogP contribution in [0.2, 0.25) is 0 Å². The highest BCUT2D eigenvalue weighted by Gasteiger charge is 2.40. The van der Waals surface area contributed by atoms with E-state index in [2.05, 4.69) is 10.6 Å². The molecule has 0 saturated heterocycles. The van der Waals surface area contributed by atoms with Gasteiger partial charge >= 0.3 is 12.1 Å². The summed E-state index contributed by atoms with van der Waals surface area (Å²) in [4.78, 5) is 77.3. The molecule has 0 aliphatic rings. The lowest BCUT2D eigenvalue weighted by molar-refractivity contribution is -0.384. The number of carbonyl (C=O) groups excluding carboxylic acids is 4. The van der Waals surface area contributed by atoms with Gasteiger partial charge in [0.05, 0.1) is 11.0 Å². The number of nitrogens with two attached hydrogens (primary N) is 1. The predicted molar refractivity (Wildman–Crippen MR) is 175 cm³/mol. The fraction of sp³-hybridized carbons (Fsp3) is 0.324. The van der Waals surface area contributed by atoms with Gasteiger partial charge in [-0.3, -0.25) is 29.3 Å². The highest BCUT2D eigenvalue weighted by Crippen LogP contribution is 2.19. The van der Waals surface area contributed by atoms with Gasteiger partial charge in [-0.05, 0) is 48.4 Å². The van der Waals surface area contributed by atoms with Gasteiger partial charge in [0, 0.05) is 24.2 Å². The molecular weight excluding hydrogens is 622 g/mol. The minimum atomic E-state index is -1.48. The van der Waals surface area contributed by atoms with Gasteiger partial charge in [0.15, 0.2) is 0 Å². The highest BCUT2D eigenvalue weighted by atomic mass is 16.6. The molecule has 3 atom stereocenters. The molecule has 14 nitrogen and oxygen atoms in total. The van der Waals surface area contributed by atoms with Crippen molar-refractivity contribution in [3.63, 3.8) is 0 Å². The SMILES string of the molecule is CC(C)C[C@@H](C(=O)N[C@@H](CCC(=O)O)C(=O)Nc1ccc([N+](=O)[O-])cc1)N(C(=O)OCc1ccccc1)C(=O)[C@@H](N)Cc1ccccc1. The maximum absolute atomic E-state index is 14.0. The number of imide groups is 1. The molecule has 3 aromatic rings. The fourth-order valence-corrected chi connectivity index (χ4v) is 4.77. The van der Waals surface area contributed by atoms with Crippen LogP contribution in [0.15, 0.2) is 84.9 Å². The first-order chi connectivity index (χ1) is 22.8. The molecule has 4 amide bonds. The molecular formula is C34H39N5O9. The molecule has 0 spiro atoms. The van der Waals surface area contributed by atoms with Crippen molar-refractivity contribution in [3.8, 4) is 0 Å². The van der Waals surface area contributed by atoms with Crippen LogP contribution < -0.4 is 16.4 Å². The second-order valence-electron chi connectivity index (χ2n) is 11.5. The van der Waals surface area contributed by atoms with E-state index in [0.717, 1.165) is 5.56 Å². The van der Waals surface area contributed by atoms with Crippen LogP contribution in [-0.2, 0) is 36.9 Å². The lowest BCUT2D eigenvalue weighted by Crippen LogP contribution is -2.59. The maximum Gasteiger partial charge on any atom is 0.417 e. The van der Waals surface area contributed by atoms with Crippen LogP contribution in [0.4, 0.5) is 16.2 Å².